The molecule has 9 heteroatoms. The molecule has 0 bridgehead atoms. The number of imidazole rings is 1. The molecular formula is C26H32N4O4S. The number of nitrogens with zero attached hydrogens (tertiary/aromatic N) is 2. The smallest absolute Gasteiger partial charge is 0.240 e. The van der Waals surface area contributed by atoms with Crippen LogP contribution < -0.4 is 4.72 Å². The maximum atomic E-state index is 13.1. The van der Waals surface area contributed by atoms with Crippen molar-refractivity contribution in [3.8, 4) is 11.4 Å². The number of nitrogens with one attached hydrogen (secondary N) is 2. The lowest BCUT2D eigenvalue weighted by Crippen LogP contribution is -2.45. The van der Waals surface area contributed by atoms with Crippen LogP contribution in [0, 0.1) is 5.92 Å². The summed E-state index contributed by atoms with van der Waals surface area (Å²) in [6.45, 7) is 1.48. The van der Waals surface area contributed by atoms with Gasteiger partial charge in [-0.3, -0.25) is 4.79 Å². The molecule has 1 amide bonds. The number of amides is 1. The molecule has 2 N–H and O–H groups in total. The van der Waals surface area contributed by atoms with Gasteiger partial charge < -0.3 is 14.6 Å². The normalized spacial score (nSPS) is 21.9. The molecule has 2 heterocycles. The lowest BCUT2D eigenvalue weighted by atomic mass is 9.85. The van der Waals surface area contributed by atoms with Gasteiger partial charge in [-0.1, -0.05) is 30.3 Å². The van der Waals surface area contributed by atoms with Crippen molar-refractivity contribution in [2.75, 3.05) is 20.2 Å². The summed E-state index contributed by atoms with van der Waals surface area (Å²) in [5.41, 5.74) is 2.34. The van der Waals surface area contributed by atoms with E-state index >= 15 is 0 Å². The Balaban J connectivity index is 1.20. The number of hydrogen-bond donors (Lipinski definition) is 2. The van der Waals surface area contributed by atoms with E-state index < -0.39 is 10.0 Å². The molecule has 186 valence electrons. The van der Waals surface area contributed by atoms with Gasteiger partial charge in [0.25, 0.3) is 0 Å². The molecular weight excluding hydrogens is 464 g/mol. The highest BCUT2D eigenvalue weighted by Crippen LogP contribution is 2.29. The van der Waals surface area contributed by atoms with Crippen LogP contribution in [0.5, 0.6) is 0 Å². The van der Waals surface area contributed by atoms with Gasteiger partial charge in [0.05, 0.1) is 22.0 Å². The summed E-state index contributed by atoms with van der Waals surface area (Å²) in [6, 6.07) is 14.5. The minimum Gasteiger partial charge on any atom is -0.381 e. The third kappa shape index (κ3) is 5.27. The third-order valence-corrected chi connectivity index (χ3v) is 8.81. The number of aromatic amines is 1. The van der Waals surface area contributed by atoms with Gasteiger partial charge in [-0.05, 0) is 56.7 Å². The number of piperidine rings is 1. The molecule has 1 aromatic heterocycles. The topological polar surface area (TPSA) is 104 Å². The summed E-state index contributed by atoms with van der Waals surface area (Å²) in [4.78, 5) is 22.9. The number of methoxy groups -OCH3 is 1. The maximum Gasteiger partial charge on any atom is 0.240 e. The van der Waals surface area contributed by atoms with Gasteiger partial charge >= 0.3 is 0 Å². The second kappa shape index (κ2) is 10.1. The van der Waals surface area contributed by atoms with Crippen molar-refractivity contribution in [3.63, 3.8) is 0 Å². The van der Waals surface area contributed by atoms with E-state index in [2.05, 4.69) is 14.7 Å². The van der Waals surface area contributed by atoms with Crippen molar-refractivity contribution < 1.29 is 17.9 Å². The molecule has 0 unspecified atom stereocenters. The zero-order chi connectivity index (χ0) is 24.4. The Morgan fingerprint density at radius 3 is 2.43 bits per heavy atom. The van der Waals surface area contributed by atoms with E-state index in [0.717, 1.165) is 37.0 Å². The molecule has 5 rings (SSSR count). The van der Waals surface area contributed by atoms with Gasteiger partial charge in [0.15, 0.2) is 0 Å². The zero-order valence-electron chi connectivity index (χ0n) is 19.9. The number of benzene rings is 2. The lowest BCUT2D eigenvalue weighted by molar-refractivity contribution is -0.139. The molecule has 0 radical (unpaired) electrons. The van der Waals surface area contributed by atoms with E-state index in [0.29, 0.717) is 37.0 Å². The van der Waals surface area contributed by atoms with Gasteiger partial charge in [-0.25, -0.2) is 18.1 Å². The standard InChI is InChI=1S/C26H32N4O4S/c1-34-21-13-15-30(16-14-21)26(31)19-7-9-20(10-8-19)29-35(32,33)22-11-12-23-24(17-22)28-25(27-23)18-5-3-2-4-6-18/h2-6,11-12,17,19-21,29H,7-10,13-16H2,1H3,(H,27,28). The number of carbonyl (C=O) groups is 1. The highest BCUT2D eigenvalue weighted by atomic mass is 32.2. The van der Waals surface area contributed by atoms with Crippen LogP contribution in [0.2, 0.25) is 0 Å². The van der Waals surface area contributed by atoms with Crippen LogP contribution in [0.1, 0.15) is 38.5 Å². The summed E-state index contributed by atoms with van der Waals surface area (Å²) in [5.74, 6) is 0.893. The quantitative estimate of drug-likeness (QED) is 0.541. The van der Waals surface area contributed by atoms with E-state index in [1.54, 1.807) is 25.3 Å². The average molecular weight is 497 g/mol. The van der Waals surface area contributed by atoms with Crippen molar-refractivity contribution in [3.05, 3.63) is 48.5 Å². The van der Waals surface area contributed by atoms with E-state index in [4.69, 9.17) is 4.74 Å². The summed E-state index contributed by atoms with van der Waals surface area (Å²) in [5, 5.41) is 0. The summed E-state index contributed by atoms with van der Waals surface area (Å²) < 4.78 is 34.5. The Hall–Kier alpha value is -2.75. The predicted octanol–water partition coefficient (Wildman–Crippen LogP) is 3.70. The largest absolute Gasteiger partial charge is 0.381 e. The minimum absolute atomic E-state index is 0.0207. The van der Waals surface area contributed by atoms with Crippen LogP contribution in [-0.4, -0.2) is 61.5 Å². The van der Waals surface area contributed by atoms with Gasteiger partial charge in [-0.2, -0.15) is 0 Å². The number of carbonyl (C=O) groups excluding carboxylic acids is 1. The molecule has 1 aliphatic heterocycles. The molecule has 2 aromatic carbocycles. The first-order valence-electron chi connectivity index (χ1n) is 12.3. The maximum absolute atomic E-state index is 13.1. The summed E-state index contributed by atoms with van der Waals surface area (Å²) in [6.07, 6.45) is 4.74. The van der Waals surface area contributed by atoms with Gasteiger partial charge in [0, 0.05) is 37.7 Å². The van der Waals surface area contributed by atoms with Crippen LogP contribution >= 0.6 is 0 Å². The van der Waals surface area contributed by atoms with E-state index in [1.165, 1.54) is 0 Å². The molecule has 35 heavy (non-hydrogen) atoms. The average Bonchev–Trinajstić information content (AvgIpc) is 3.33. The second-order valence-corrected chi connectivity index (χ2v) is 11.3. The zero-order valence-corrected chi connectivity index (χ0v) is 20.8. The Bertz CT molecular complexity index is 1280. The fraction of sp³-hybridized carbons (Fsp3) is 0.462. The van der Waals surface area contributed by atoms with Gasteiger partial charge in [0.2, 0.25) is 15.9 Å². The van der Waals surface area contributed by atoms with Crippen molar-refractivity contribution in [2.45, 2.75) is 55.6 Å². The second-order valence-electron chi connectivity index (χ2n) is 9.56. The van der Waals surface area contributed by atoms with Gasteiger partial charge in [0.1, 0.15) is 5.82 Å². The SMILES string of the molecule is COC1CCN(C(=O)C2CCC(NS(=O)(=O)c3ccc4nc(-c5ccccc5)[nH]c4c3)CC2)CC1. The molecule has 8 nitrogen and oxygen atoms in total. The fourth-order valence-corrected chi connectivity index (χ4v) is 6.54. The van der Waals surface area contributed by atoms with E-state index in [-0.39, 0.29) is 28.9 Å². The molecule has 2 fully saturated rings. The minimum atomic E-state index is -3.68. The van der Waals surface area contributed by atoms with Gasteiger partial charge in [-0.15, -0.1) is 0 Å². The van der Waals surface area contributed by atoms with E-state index in [9.17, 15) is 13.2 Å². The first kappa shape index (κ1) is 24.0. The van der Waals surface area contributed by atoms with Crippen molar-refractivity contribution in [2.24, 2.45) is 5.92 Å². The first-order chi connectivity index (χ1) is 16.9. The predicted molar refractivity (Wildman–Crippen MR) is 134 cm³/mol. The monoisotopic (exact) mass is 496 g/mol. The molecule has 1 aliphatic carbocycles. The number of rotatable bonds is 6. The first-order valence-corrected chi connectivity index (χ1v) is 13.8. The highest BCUT2D eigenvalue weighted by molar-refractivity contribution is 7.89. The number of likely N-dealkylation sites (tertiary alicyclic amines) is 1. The van der Waals surface area contributed by atoms with Crippen LogP contribution in [-0.2, 0) is 19.6 Å². The molecule has 1 saturated heterocycles. The molecule has 3 aromatic rings. The lowest BCUT2D eigenvalue weighted by Gasteiger charge is -2.36. The Labute approximate surface area is 206 Å². The molecule has 0 spiro atoms. The van der Waals surface area contributed by atoms with Crippen LogP contribution in [0.3, 0.4) is 0 Å². The Morgan fingerprint density at radius 2 is 1.74 bits per heavy atom. The molecule has 1 saturated carbocycles. The van der Waals surface area contributed by atoms with Crippen molar-refractivity contribution in [1.82, 2.24) is 19.6 Å². The highest BCUT2D eigenvalue weighted by Gasteiger charge is 2.33. The number of hydrogen-bond acceptors (Lipinski definition) is 5. The van der Waals surface area contributed by atoms with Crippen LogP contribution in [0.25, 0.3) is 22.4 Å². The molecule has 2 aliphatic rings. The Kier molecular flexibility index (Phi) is 6.91. The Morgan fingerprint density at radius 1 is 1.03 bits per heavy atom. The number of H-pyrrole nitrogens is 1. The summed E-state index contributed by atoms with van der Waals surface area (Å²) >= 11 is 0. The van der Waals surface area contributed by atoms with Crippen molar-refractivity contribution in [1.29, 1.82) is 0 Å². The molecule has 0 atom stereocenters. The van der Waals surface area contributed by atoms with Crippen LogP contribution in [0.4, 0.5) is 0 Å². The number of fused-ring (bicyclic) bond motifs is 1. The third-order valence-electron chi connectivity index (χ3n) is 7.30. The number of ether oxygens (including phenoxy) is 1. The number of sulfonamides is 1. The van der Waals surface area contributed by atoms with E-state index in [1.807, 2.05) is 35.2 Å². The van der Waals surface area contributed by atoms with Crippen LogP contribution in [0.15, 0.2) is 53.4 Å². The summed E-state index contributed by atoms with van der Waals surface area (Å²) in [7, 11) is -1.96. The fourth-order valence-electron chi connectivity index (χ4n) is 5.20. The van der Waals surface area contributed by atoms with Crippen molar-refractivity contribution >= 4 is 27.0 Å². The number of aromatic nitrogens is 2.